The molecule has 0 aromatic rings. The summed E-state index contributed by atoms with van der Waals surface area (Å²) in [6.45, 7) is 5.06. The fraction of sp³-hybridized carbons (Fsp3) is 0.733. The van der Waals surface area contributed by atoms with Gasteiger partial charge in [0.25, 0.3) is 0 Å². The largest absolute Gasteiger partial charge is 0.477 e. The number of carbonyl (C=O) groups excluding carboxylic acids is 1. The van der Waals surface area contributed by atoms with Gasteiger partial charge in [0.15, 0.2) is 5.17 Å². The second-order valence-corrected chi connectivity index (χ2v) is 9.01. The first-order valence-electron chi connectivity index (χ1n) is 8.10. The molecule has 2 saturated heterocycles. The number of carboxylic acids is 1. The molecule has 0 aromatic heterocycles. The van der Waals surface area contributed by atoms with Crippen LogP contribution < -0.4 is 0 Å². The molecule has 0 spiro atoms. The molecule has 4 heterocycles. The van der Waals surface area contributed by atoms with E-state index < -0.39 is 5.97 Å². The Bertz CT molecular complexity index is 632. The average molecular weight is 369 g/mol. The average Bonchev–Trinajstić information content (AvgIpc) is 3.11. The van der Waals surface area contributed by atoms with Gasteiger partial charge in [-0.05, 0) is 5.92 Å². The first-order chi connectivity index (χ1) is 11.5. The monoisotopic (exact) mass is 369 g/mol. The van der Waals surface area contributed by atoms with Crippen molar-refractivity contribution < 1.29 is 19.4 Å². The van der Waals surface area contributed by atoms with Crippen LogP contribution in [0.3, 0.4) is 0 Å². The molecular weight excluding hydrogens is 350 g/mol. The van der Waals surface area contributed by atoms with Crippen molar-refractivity contribution in [2.24, 2.45) is 21.8 Å². The maximum Gasteiger partial charge on any atom is 0.350 e. The number of cyclic esters (lactones) is 1. The van der Waals surface area contributed by atoms with Crippen LogP contribution >= 0.6 is 23.5 Å². The summed E-state index contributed by atoms with van der Waals surface area (Å²) in [5.41, 5.74) is 0.211. The van der Waals surface area contributed by atoms with Crippen LogP contribution in [0, 0.1) is 11.8 Å². The first kappa shape index (κ1) is 16.3. The second-order valence-electron chi connectivity index (χ2n) is 6.50. The molecule has 0 bridgehead atoms. The van der Waals surface area contributed by atoms with E-state index in [1.165, 1.54) is 0 Å². The quantitative estimate of drug-likeness (QED) is 0.725. The minimum atomic E-state index is -0.971. The molecule has 0 amide bonds. The fourth-order valence-corrected chi connectivity index (χ4v) is 6.02. The number of likely N-dealkylation sites (tertiary alicyclic amines) is 1. The molecule has 4 rings (SSSR count). The van der Waals surface area contributed by atoms with Gasteiger partial charge in [0.2, 0.25) is 0 Å². The Kier molecular flexibility index (Phi) is 4.24. The Hall–Kier alpha value is -1.22. The van der Waals surface area contributed by atoms with Gasteiger partial charge in [0.05, 0.1) is 17.8 Å². The lowest BCUT2D eigenvalue weighted by molar-refractivity contribution is -0.170. The zero-order valence-electron chi connectivity index (χ0n) is 13.3. The van der Waals surface area contributed by atoms with Gasteiger partial charge in [0.1, 0.15) is 18.2 Å². The van der Waals surface area contributed by atoms with Crippen LogP contribution in [0.1, 0.15) is 6.92 Å². The number of aliphatic carboxylic acids is 1. The zero-order chi connectivity index (χ0) is 16.8. The van der Waals surface area contributed by atoms with E-state index >= 15 is 0 Å². The van der Waals surface area contributed by atoms with E-state index in [0.29, 0.717) is 11.9 Å². The maximum absolute atomic E-state index is 11.6. The predicted molar refractivity (Wildman–Crippen MR) is 94.0 cm³/mol. The third-order valence-electron chi connectivity index (χ3n) is 4.94. The molecule has 130 valence electrons. The Labute approximate surface area is 148 Å². The molecule has 4 aliphatic heterocycles. The third kappa shape index (κ3) is 2.71. The summed E-state index contributed by atoms with van der Waals surface area (Å²) in [5, 5.41) is 10.8. The van der Waals surface area contributed by atoms with Crippen LogP contribution in [0.15, 0.2) is 9.98 Å². The molecule has 24 heavy (non-hydrogen) atoms. The molecule has 0 aromatic carbocycles. The Morgan fingerprint density at radius 1 is 1.46 bits per heavy atom. The van der Waals surface area contributed by atoms with E-state index in [9.17, 15) is 14.7 Å². The van der Waals surface area contributed by atoms with Crippen molar-refractivity contribution in [1.82, 2.24) is 4.90 Å². The van der Waals surface area contributed by atoms with E-state index in [1.807, 2.05) is 6.92 Å². The number of aliphatic imine (C=N–C) groups is 2. The highest BCUT2D eigenvalue weighted by atomic mass is 32.2. The van der Waals surface area contributed by atoms with Gasteiger partial charge in [-0.2, -0.15) is 0 Å². The van der Waals surface area contributed by atoms with Crippen LogP contribution in [0.2, 0.25) is 0 Å². The van der Waals surface area contributed by atoms with Gasteiger partial charge in [-0.3, -0.25) is 14.8 Å². The van der Waals surface area contributed by atoms with Crippen molar-refractivity contribution in [2.75, 3.05) is 32.0 Å². The van der Waals surface area contributed by atoms with Crippen molar-refractivity contribution in [1.29, 1.82) is 0 Å². The summed E-state index contributed by atoms with van der Waals surface area (Å²) in [4.78, 5) is 34.3. The SMILES string of the molecule is C[C@H]1C(SC2CN(C3=NCCS3)C2)C(C(=O)O)=NC1[C@H]1COC1=O. The highest BCUT2D eigenvalue weighted by Crippen LogP contribution is 2.41. The van der Waals surface area contributed by atoms with Crippen molar-refractivity contribution in [2.45, 2.75) is 23.5 Å². The Balaban J connectivity index is 1.40. The molecule has 4 aliphatic rings. The molecule has 0 aliphatic carbocycles. The van der Waals surface area contributed by atoms with E-state index in [4.69, 9.17) is 4.74 Å². The molecule has 2 unspecified atom stereocenters. The van der Waals surface area contributed by atoms with E-state index in [0.717, 1.165) is 30.6 Å². The van der Waals surface area contributed by atoms with E-state index in [2.05, 4.69) is 14.9 Å². The van der Waals surface area contributed by atoms with Crippen LogP contribution in [-0.4, -0.2) is 81.4 Å². The number of amidine groups is 1. The van der Waals surface area contributed by atoms with Gasteiger partial charge in [-0.25, -0.2) is 4.79 Å². The standard InChI is InChI=1S/C15H19N3O4S2/c1-7-10(9-6-22-14(9)21)17-11(13(19)20)12(7)24-8-4-18(5-8)15-16-2-3-23-15/h7-10,12H,2-6H2,1H3,(H,19,20)/t7-,9-,10?,12?/m1/s1. The molecular formula is C15H19N3O4S2. The second kappa shape index (κ2) is 6.25. The summed E-state index contributed by atoms with van der Waals surface area (Å²) in [7, 11) is 0. The zero-order valence-corrected chi connectivity index (χ0v) is 14.9. The topological polar surface area (TPSA) is 91.6 Å². The number of thioether (sulfide) groups is 2. The minimum Gasteiger partial charge on any atom is -0.477 e. The number of ether oxygens (including phenoxy) is 1. The predicted octanol–water partition coefficient (Wildman–Crippen LogP) is 0.592. The minimum absolute atomic E-state index is 0.0335. The van der Waals surface area contributed by atoms with Crippen LogP contribution in [0.5, 0.6) is 0 Å². The number of hydrogen-bond acceptors (Lipinski definition) is 8. The van der Waals surface area contributed by atoms with Gasteiger partial charge in [-0.1, -0.05) is 18.7 Å². The van der Waals surface area contributed by atoms with Crippen LogP contribution in [0.4, 0.5) is 0 Å². The van der Waals surface area contributed by atoms with Crippen molar-refractivity contribution in [3.8, 4) is 0 Å². The number of rotatable bonds is 4. The smallest absolute Gasteiger partial charge is 0.350 e. The molecule has 0 saturated carbocycles. The summed E-state index contributed by atoms with van der Waals surface area (Å²) in [6, 6.07) is -0.263. The van der Waals surface area contributed by atoms with E-state index in [1.54, 1.807) is 23.5 Å². The Morgan fingerprint density at radius 3 is 2.79 bits per heavy atom. The van der Waals surface area contributed by atoms with Crippen molar-refractivity contribution in [3.63, 3.8) is 0 Å². The molecule has 4 atom stereocenters. The number of carbonyl (C=O) groups is 2. The fourth-order valence-electron chi connectivity index (χ4n) is 3.49. The highest BCUT2D eigenvalue weighted by molar-refractivity contribution is 8.14. The summed E-state index contributed by atoms with van der Waals surface area (Å²) in [5.74, 6) is -0.412. The molecule has 0 radical (unpaired) electrons. The maximum atomic E-state index is 11.6. The van der Waals surface area contributed by atoms with Crippen LogP contribution in [-0.2, 0) is 14.3 Å². The normalized spacial score (nSPS) is 35.9. The molecule has 2 fully saturated rings. The number of carboxylic acid groups (broad SMARTS) is 1. The molecule has 1 N–H and O–H groups in total. The summed E-state index contributed by atoms with van der Waals surface area (Å²) in [6.07, 6.45) is 0. The summed E-state index contributed by atoms with van der Waals surface area (Å²) >= 11 is 3.48. The Morgan fingerprint density at radius 2 is 2.25 bits per heavy atom. The van der Waals surface area contributed by atoms with Gasteiger partial charge in [-0.15, -0.1) is 11.8 Å². The van der Waals surface area contributed by atoms with Crippen LogP contribution in [0.25, 0.3) is 0 Å². The van der Waals surface area contributed by atoms with Crippen molar-refractivity contribution in [3.05, 3.63) is 0 Å². The highest BCUT2D eigenvalue weighted by Gasteiger charge is 2.50. The lowest BCUT2D eigenvalue weighted by atomic mass is 9.87. The van der Waals surface area contributed by atoms with Gasteiger partial charge < -0.3 is 14.7 Å². The lowest BCUT2D eigenvalue weighted by Gasteiger charge is -2.41. The molecule has 9 heteroatoms. The van der Waals surface area contributed by atoms with Crippen molar-refractivity contribution >= 4 is 46.3 Å². The van der Waals surface area contributed by atoms with Gasteiger partial charge >= 0.3 is 11.9 Å². The number of nitrogens with zero attached hydrogens (tertiary/aromatic N) is 3. The first-order valence-corrected chi connectivity index (χ1v) is 10.0. The lowest BCUT2D eigenvalue weighted by Crippen LogP contribution is -2.52. The number of esters is 1. The summed E-state index contributed by atoms with van der Waals surface area (Å²) < 4.78 is 4.83. The number of hydrogen-bond donors (Lipinski definition) is 1. The van der Waals surface area contributed by atoms with E-state index in [-0.39, 0.29) is 34.8 Å². The van der Waals surface area contributed by atoms with Gasteiger partial charge in [0, 0.05) is 24.1 Å². The molecule has 7 nitrogen and oxygen atoms in total. The third-order valence-corrected chi connectivity index (χ3v) is 7.60.